The van der Waals surface area contributed by atoms with E-state index in [0.29, 0.717) is 6.04 Å². The molecule has 0 aromatic carbocycles. The van der Waals surface area contributed by atoms with Gasteiger partial charge in [0.15, 0.2) is 0 Å². The van der Waals surface area contributed by atoms with Crippen LogP contribution in [0.1, 0.15) is 0 Å². The molecule has 0 bridgehead atoms. The molecule has 2 heterocycles. The number of hydrogen-bond donors (Lipinski definition) is 1. The number of likely N-dealkylation sites (N-methyl/N-ethyl adjacent to an activating group) is 1. The number of thiophene rings is 1. The smallest absolute Gasteiger partial charge is 0.0909 e. The lowest BCUT2D eigenvalue weighted by atomic mass is 10.1. The fourth-order valence-corrected chi connectivity index (χ4v) is 1.97. The van der Waals surface area contributed by atoms with Gasteiger partial charge in [-0.05, 0) is 17.5 Å². The molecule has 2 rings (SSSR count). The van der Waals surface area contributed by atoms with Crippen molar-refractivity contribution in [1.82, 2.24) is 5.32 Å². The van der Waals surface area contributed by atoms with Gasteiger partial charge in [0, 0.05) is 20.1 Å². The van der Waals surface area contributed by atoms with Crippen LogP contribution in [-0.2, 0) is 0 Å². The first kappa shape index (κ1) is 7.13. The van der Waals surface area contributed by atoms with Crippen molar-refractivity contribution in [3.63, 3.8) is 0 Å². The van der Waals surface area contributed by atoms with Gasteiger partial charge in [0.1, 0.15) is 0 Å². The standard InChI is InChI=1S/C8H12N2S/c1-10(7-5-9-6-7)8-3-2-4-11-8/h2-4,7,9H,5-6H2,1H3. The Morgan fingerprint density at radius 1 is 1.64 bits per heavy atom. The minimum Gasteiger partial charge on any atom is -0.361 e. The first-order valence-corrected chi connectivity index (χ1v) is 4.73. The third-order valence-corrected chi connectivity index (χ3v) is 3.12. The lowest BCUT2D eigenvalue weighted by Crippen LogP contribution is -2.55. The van der Waals surface area contributed by atoms with Crippen molar-refractivity contribution in [3.8, 4) is 0 Å². The van der Waals surface area contributed by atoms with E-state index in [0.717, 1.165) is 13.1 Å². The summed E-state index contributed by atoms with van der Waals surface area (Å²) in [5.74, 6) is 0. The van der Waals surface area contributed by atoms with Crippen molar-refractivity contribution in [3.05, 3.63) is 17.5 Å². The Morgan fingerprint density at radius 2 is 2.45 bits per heavy atom. The summed E-state index contributed by atoms with van der Waals surface area (Å²) in [6.07, 6.45) is 0. The number of nitrogens with one attached hydrogen (secondary N) is 1. The van der Waals surface area contributed by atoms with Crippen LogP contribution in [0.5, 0.6) is 0 Å². The summed E-state index contributed by atoms with van der Waals surface area (Å²) in [5, 5.41) is 6.76. The molecule has 0 radical (unpaired) electrons. The molecule has 0 amide bonds. The maximum atomic E-state index is 3.27. The maximum absolute atomic E-state index is 3.27. The fourth-order valence-electron chi connectivity index (χ4n) is 1.20. The Bertz CT molecular complexity index is 216. The number of nitrogens with zero attached hydrogens (tertiary/aromatic N) is 1. The van der Waals surface area contributed by atoms with Crippen molar-refractivity contribution in [2.45, 2.75) is 6.04 Å². The van der Waals surface area contributed by atoms with Gasteiger partial charge in [-0.1, -0.05) is 0 Å². The Labute approximate surface area is 70.8 Å². The molecule has 1 aromatic heterocycles. The van der Waals surface area contributed by atoms with Crippen LogP contribution < -0.4 is 10.2 Å². The SMILES string of the molecule is CN(c1cccs1)C1CNC1. The van der Waals surface area contributed by atoms with Crippen molar-refractivity contribution in [2.75, 3.05) is 25.0 Å². The predicted molar refractivity (Wildman–Crippen MR) is 49.4 cm³/mol. The largest absolute Gasteiger partial charge is 0.361 e. The summed E-state index contributed by atoms with van der Waals surface area (Å²) in [7, 11) is 2.16. The van der Waals surface area contributed by atoms with Gasteiger partial charge < -0.3 is 10.2 Å². The third kappa shape index (κ3) is 1.26. The molecule has 1 fully saturated rings. The average molecular weight is 168 g/mol. The van der Waals surface area contributed by atoms with Crippen LogP contribution in [0.2, 0.25) is 0 Å². The van der Waals surface area contributed by atoms with Gasteiger partial charge in [0.05, 0.1) is 11.0 Å². The summed E-state index contributed by atoms with van der Waals surface area (Å²) >= 11 is 1.81. The molecule has 0 aliphatic carbocycles. The fraction of sp³-hybridized carbons (Fsp3) is 0.500. The minimum absolute atomic E-state index is 0.716. The molecule has 3 heteroatoms. The van der Waals surface area contributed by atoms with Crippen molar-refractivity contribution >= 4 is 16.3 Å². The maximum Gasteiger partial charge on any atom is 0.0909 e. The zero-order valence-electron chi connectivity index (χ0n) is 6.58. The Morgan fingerprint density at radius 3 is 2.91 bits per heavy atom. The second kappa shape index (κ2) is 2.83. The number of anilines is 1. The first-order chi connectivity index (χ1) is 5.38. The van der Waals surface area contributed by atoms with Gasteiger partial charge >= 0.3 is 0 Å². The molecule has 0 atom stereocenters. The van der Waals surface area contributed by atoms with E-state index in [4.69, 9.17) is 0 Å². The highest BCUT2D eigenvalue weighted by atomic mass is 32.1. The van der Waals surface area contributed by atoms with Crippen molar-refractivity contribution in [2.24, 2.45) is 0 Å². The van der Waals surface area contributed by atoms with E-state index in [2.05, 4.69) is 34.8 Å². The highest BCUT2D eigenvalue weighted by Crippen LogP contribution is 2.22. The van der Waals surface area contributed by atoms with Gasteiger partial charge in [-0.3, -0.25) is 0 Å². The summed E-state index contributed by atoms with van der Waals surface area (Å²) in [4.78, 5) is 2.35. The normalized spacial score (nSPS) is 17.9. The summed E-state index contributed by atoms with van der Waals surface area (Å²) < 4.78 is 0. The van der Waals surface area contributed by atoms with Crippen LogP contribution in [0, 0.1) is 0 Å². The quantitative estimate of drug-likeness (QED) is 0.713. The molecular weight excluding hydrogens is 156 g/mol. The van der Waals surface area contributed by atoms with Crippen molar-refractivity contribution < 1.29 is 0 Å². The highest BCUT2D eigenvalue weighted by Gasteiger charge is 2.21. The van der Waals surface area contributed by atoms with Crippen LogP contribution in [0.15, 0.2) is 17.5 Å². The molecule has 0 spiro atoms. The second-order valence-corrected chi connectivity index (χ2v) is 3.80. The van der Waals surface area contributed by atoms with E-state index in [9.17, 15) is 0 Å². The Kier molecular flexibility index (Phi) is 1.84. The van der Waals surface area contributed by atoms with Crippen LogP contribution in [0.25, 0.3) is 0 Å². The first-order valence-electron chi connectivity index (χ1n) is 3.85. The van der Waals surface area contributed by atoms with E-state index in [1.54, 1.807) is 11.3 Å². The molecule has 0 unspecified atom stereocenters. The third-order valence-electron chi connectivity index (χ3n) is 2.16. The van der Waals surface area contributed by atoms with Crippen LogP contribution in [-0.4, -0.2) is 26.2 Å². The minimum atomic E-state index is 0.716. The van der Waals surface area contributed by atoms with E-state index < -0.39 is 0 Å². The molecule has 60 valence electrons. The average Bonchev–Trinajstić information content (AvgIpc) is 2.32. The Hall–Kier alpha value is -0.540. The van der Waals surface area contributed by atoms with Gasteiger partial charge in [-0.25, -0.2) is 0 Å². The summed E-state index contributed by atoms with van der Waals surface area (Å²) in [5.41, 5.74) is 0. The van der Waals surface area contributed by atoms with E-state index in [1.165, 1.54) is 5.00 Å². The molecule has 1 aliphatic heterocycles. The predicted octanol–water partition coefficient (Wildman–Crippen LogP) is 1.16. The highest BCUT2D eigenvalue weighted by molar-refractivity contribution is 7.14. The second-order valence-electron chi connectivity index (χ2n) is 2.87. The van der Waals surface area contributed by atoms with Crippen molar-refractivity contribution in [1.29, 1.82) is 0 Å². The van der Waals surface area contributed by atoms with E-state index in [1.807, 2.05) is 0 Å². The van der Waals surface area contributed by atoms with Gasteiger partial charge in [-0.2, -0.15) is 0 Å². The molecule has 11 heavy (non-hydrogen) atoms. The molecule has 0 saturated carbocycles. The molecule has 1 aromatic rings. The Balaban J connectivity index is 2.04. The monoisotopic (exact) mass is 168 g/mol. The molecule has 1 aliphatic rings. The lowest BCUT2D eigenvalue weighted by Gasteiger charge is -2.36. The topological polar surface area (TPSA) is 15.3 Å². The molecule has 1 N–H and O–H groups in total. The molecule has 2 nitrogen and oxygen atoms in total. The van der Waals surface area contributed by atoms with E-state index in [-0.39, 0.29) is 0 Å². The zero-order valence-corrected chi connectivity index (χ0v) is 7.40. The van der Waals surface area contributed by atoms with Gasteiger partial charge in [0.2, 0.25) is 0 Å². The molecular formula is C8H12N2S. The van der Waals surface area contributed by atoms with E-state index >= 15 is 0 Å². The van der Waals surface area contributed by atoms with Gasteiger partial charge in [-0.15, -0.1) is 11.3 Å². The lowest BCUT2D eigenvalue weighted by molar-refractivity contribution is 0.430. The van der Waals surface area contributed by atoms with Gasteiger partial charge in [0.25, 0.3) is 0 Å². The molecule has 1 saturated heterocycles. The number of rotatable bonds is 2. The van der Waals surface area contributed by atoms with Crippen LogP contribution >= 0.6 is 11.3 Å². The zero-order chi connectivity index (χ0) is 7.68. The summed E-state index contributed by atoms with van der Waals surface area (Å²) in [6.45, 7) is 2.27. The number of hydrogen-bond acceptors (Lipinski definition) is 3. The van der Waals surface area contributed by atoms with Crippen LogP contribution in [0.4, 0.5) is 5.00 Å². The van der Waals surface area contributed by atoms with Crippen LogP contribution in [0.3, 0.4) is 0 Å². The summed E-state index contributed by atoms with van der Waals surface area (Å²) in [6, 6.07) is 4.99.